The zero-order chi connectivity index (χ0) is 27.2. The molecule has 194 valence electrons. The number of hydrogen-bond donors (Lipinski definition) is 1. The molecule has 7 heteroatoms. The third-order valence-corrected chi connectivity index (χ3v) is 7.10. The van der Waals surface area contributed by atoms with Crippen LogP contribution in [-0.4, -0.2) is 16.6 Å². The lowest BCUT2D eigenvalue weighted by molar-refractivity contribution is 0.00706. The highest BCUT2D eigenvalue weighted by Crippen LogP contribution is 2.33. The van der Waals surface area contributed by atoms with Crippen LogP contribution < -0.4 is 10.7 Å². The number of esters is 1. The molecule has 0 spiro atoms. The molecule has 1 N–H and O–H groups in total. The Kier molecular flexibility index (Phi) is 6.57. The molecule has 0 fully saturated rings. The Labute approximate surface area is 225 Å². The Balaban J connectivity index is 1.57. The lowest BCUT2D eigenvalue weighted by atomic mass is 10.00. The van der Waals surface area contributed by atoms with Crippen molar-refractivity contribution in [3.8, 4) is 11.3 Å². The number of carbonyl (C=O) groups excluding carboxylic acids is 1. The van der Waals surface area contributed by atoms with Crippen molar-refractivity contribution in [2.24, 2.45) is 0 Å². The SMILES string of the molecule is Cc1cc(C(C)Nc2ccccc2C(=O)OC(C)(C)C)c2oc(-c3ccc4nc(C)sc4c3)cc(=O)c2c1. The Morgan fingerprint density at radius 1 is 1.05 bits per heavy atom. The maximum absolute atomic E-state index is 13.3. The molecule has 0 amide bonds. The lowest BCUT2D eigenvalue weighted by Gasteiger charge is -2.22. The van der Waals surface area contributed by atoms with Crippen LogP contribution in [0.3, 0.4) is 0 Å². The largest absolute Gasteiger partial charge is 0.456 e. The number of hydrogen-bond acceptors (Lipinski definition) is 7. The van der Waals surface area contributed by atoms with E-state index in [1.54, 1.807) is 23.5 Å². The Morgan fingerprint density at radius 3 is 2.58 bits per heavy atom. The fourth-order valence-corrected chi connectivity index (χ4v) is 5.39. The van der Waals surface area contributed by atoms with Crippen LogP contribution in [0.15, 0.2) is 69.9 Å². The smallest absolute Gasteiger partial charge is 0.340 e. The van der Waals surface area contributed by atoms with Gasteiger partial charge in [0.25, 0.3) is 0 Å². The van der Waals surface area contributed by atoms with E-state index in [-0.39, 0.29) is 11.5 Å². The van der Waals surface area contributed by atoms with Crippen LogP contribution in [-0.2, 0) is 4.74 Å². The van der Waals surface area contributed by atoms with Gasteiger partial charge >= 0.3 is 5.97 Å². The maximum Gasteiger partial charge on any atom is 0.340 e. The number of fused-ring (bicyclic) bond motifs is 2. The van der Waals surface area contributed by atoms with Crippen molar-refractivity contribution in [3.05, 3.63) is 92.6 Å². The van der Waals surface area contributed by atoms with Crippen LogP contribution in [0.5, 0.6) is 0 Å². The van der Waals surface area contributed by atoms with Crippen molar-refractivity contribution in [2.75, 3.05) is 5.32 Å². The minimum absolute atomic E-state index is 0.104. The summed E-state index contributed by atoms with van der Waals surface area (Å²) in [7, 11) is 0. The van der Waals surface area contributed by atoms with Gasteiger partial charge in [-0.3, -0.25) is 4.79 Å². The van der Waals surface area contributed by atoms with Gasteiger partial charge in [-0.15, -0.1) is 11.3 Å². The third-order valence-electron chi connectivity index (χ3n) is 6.17. The molecule has 0 saturated heterocycles. The van der Waals surface area contributed by atoms with Gasteiger partial charge in [-0.05, 0) is 83.5 Å². The highest BCUT2D eigenvalue weighted by atomic mass is 32.1. The predicted molar refractivity (Wildman–Crippen MR) is 154 cm³/mol. The van der Waals surface area contributed by atoms with Crippen LogP contribution in [0.4, 0.5) is 5.69 Å². The second kappa shape index (κ2) is 9.72. The first-order valence-corrected chi connectivity index (χ1v) is 13.3. The van der Waals surface area contributed by atoms with Gasteiger partial charge < -0.3 is 14.5 Å². The first-order valence-electron chi connectivity index (χ1n) is 12.5. The number of carbonyl (C=O) groups is 1. The molecule has 2 heterocycles. The molecule has 0 aliphatic heterocycles. The topological polar surface area (TPSA) is 81.4 Å². The molecule has 0 aliphatic rings. The predicted octanol–water partition coefficient (Wildman–Crippen LogP) is 7.81. The Bertz CT molecular complexity index is 1740. The molecule has 5 aromatic rings. The molecule has 0 saturated carbocycles. The second-order valence-corrected chi connectivity index (χ2v) is 11.8. The zero-order valence-corrected chi connectivity index (χ0v) is 23.2. The first-order chi connectivity index (χ1) is 18.0. The highest BCUT2D eigenvalue weighted by Gasteiger charge is 2.22. The molecule has 1 unspecified atom stereocenters. The van der Waals surface area contributed by atoms with Crippen LogP contribution in [0, 0.1) is 13.8 Å². The molecule has 1 atom stereocenters. The van der Waals surface area contributed by atoms with E-state index in [4.69, 9.17) is 9.15 Å². The summed E-state index contributed by atoms with van der Waals surface area (Å²) >= 11 is 1.61. The van der Waals surface area contributed by atoms with Crippen molar-refractivity contribution in [1.82, 2.24) is 4.98 Å². The molecule has 0 aliphatic carbocycles. The van der Waals surface area contributed by atoms with Gasteiger partial charge in [0, 0.05) is 22.9 Å². The summed E-state index contributed by atoms with van der Waals surface area (Å²) in [5.41, 5.74) is 4.43. The highest BCUT2D eigenvalue weighted by molar-refractivity contribution is 7.18. The Hall–Kier alpha value is -3.97. The van der Waals surface area contributed by atoms with E-state index in [9.17, 15) is 9.59 Å². The number of anilines is 1. The van der Waals surface area contributed by atoms with Crippen molar-refractivity contribution < 1.29 is 13.9 Å². The van der Waals surface area contributed by atoms with Crippen molar-refractivity contribution in [2.45, 2.75) is 53.2 Å². The van der Waals surface area contributed by atoms with Gasteiger partial charge in [-0.25, -0.2) is 9.78 Å². The first kappa shape index (κ1) is 25.7. The minimum atomic E-state index is -0.608. The van der Waals surface area contributed by atoms with Crippen molar-refractivity contribution in [3.63, 3.8) is 0 Å². The lowest BCUT2D eigenvalue weighted by Crippen LogP contribution is -2.24. The van der Waals surface area contributed by atoms with Crippen molar-refractivity contribution in [1.29, 1.82) is 0 Å². The third kappa shape index (κ3) is 5.20. The number of rotatable bonds is 5. The number of thiazole rings is 1. The van der Waals surface area contributed by atoms with Gasteiger partial charge in [0.15, 0.2) is 5.43 Å². The van der Waals surface area contributed by atoms with E-state index < -0.39 is 11.6 Å². The molecule has 38 heavy (non-hydrogen) atoms. The van der Waals surface area contributed by atoms with E-state index in [2.05, 4.69) is 10.3 Å². The van der Waals surface area contributed by atoms with E-state index in [0.29, 0.717) is 28.0 Å². The normalized spacial score (nSPS) is 12.6. The van der Waals surface area contributed by atoms with Crippen LogP contribution in [0.1, 0.15) is 60.2 Å². The van der Waals surface area contributed by atoms with E-state index in [1.165, 1.54) is 0 Å². The average molecular weight is 527 g/mol. The summed E-state index contributed by atoms with van der Waals surface area (Å²) in [6.45, 7) is 11.4. The standard InChI is InChI=1S/C31H30N2O4S/c1-17-13-22(18(2)32-24-10-8-7-9-21(24)30(35)37-31(4,5)6)29-23(14-17)26(34)16-27(36-29)20-11-12-25-28(15-20)38-19(3)33-25/h7-16,18,32H,1-6H3. The second-order valence-electron chi connectivity index (χ2n) is 10.5. The molecule has 6 nitrogen and oxygen atoms in total. The van der Waals surface area contributed by atoms with Gasteiger partial charge in [-0.1, -0.05) is 18.2 Å². The molecule has 0 radical (unpaired) electrons. The summed E-state index contributed by atoms with van der Waals surface area (Å²) in [6.07, 6.45) is 0. The number of ether oxygens (including phenoxy) is 1. The number of aromatic nitrogens is 1. The molecule has 5 rings (SSSR count). The summed E-state index contributed by atoms with van der Waals surface area (Å²) in [5.74, 6) is 0.103. The van der Waals surface area contributed by atoms with E-state index in [0.717, 1.165) is 31.9 Å². The molecule has 3 aromatic carbocycles. The van der Waals surface area contributed by atoms with Gasteiger partial charge in [0.05, 0.1) is 32.2 Å². The number of benzene rings is 3. The fourth-order valence-electron chi connectivity index (χ4n) is 4.52. The van der Waals surface area contributed by atoms with E-state index in [1.807, 2.05) is 90.1 Å². The zero-order valence-electron chi connectivity index (χ0n) is 22.3. The summed E-state index contributed by atoms with van der Waals surface area (Å²) in [4.78, 5) is 30.7. The van der Waals surface area contributed by atoms with Crippen LogP contribution in [0.25, 0.3) is 32.5 Å². The summed E-state index contributed by atoms with van der Waals surface area (Å²) < 4.78 is 13.1. The Morgan fingerprint density at radius 2 is 1.82 bits per heavy atom. The van der Waals surface area contributed by atoms with Crippen molar-refractivity contribution >= 4 is 44.2 Å². The molecular weight excluding hydrogens is 496 g/mol. The monoisotopic (exact) mass is 526 g/mol. The average Bonchev–Trinajstić information content (AvgIpc) is 3.22. The van der Waals surface area contributed by atoms with Crippen LogP contribution in [0.2, 0.25) is 0 Å². The molecule has 2 aromatic heterocycles. The number of nitrogens with one attached hydrogen (secondary N) is 1. The molecular formula is C31H30N2O4S. The minimum Gasteiger partial charge on any atom is -0.456 e. The number of nitrogens with zero attached hydrogens (tertiary/aromatic N) is 1. The number of para-hydroxylation sites is 1. The maximum atomic E-state index is 13.3. The van der Waals surface area contributed by atoms with Gasteiger partial charge in [-0.2, -0.15) is 0 Å². The molecule has 0 bridgehead atoms. The quantitative estimate of drug-likeness (QED) is 0.235. The fraction of sp³-hybridized carbons (Fsp3) is 0.258. The van der Waals surface area contributed by atoms with E-state index >= 15 is 0 Å². The van der Waals surface area contributed by atoms with Gasteiger partial charge in [0.1, 0.15) is 16.9 Å². The van der Waals surface area contributed by atoms with Gasteiger partial charge in [0.2, 0.25) is 0 Å². The summed E-state index contributed by atoms with van der Waals surface area (Å²) in [5, 5.41) is 4.96. The number of aryl methyl sites for hydroxylation is 2. The summed E-state index contributed by atoms with van der Waals surface area (Å²) in [6, 6.07) is 18.3. The van der Waals surface area contributed by atoms with Crippen LogP contribution >= 0.6 is 11.3 Å².